The average Bonchev–Trinajstić information content (AvgIpc) is 2.87. The van der Waals surface area contributed by atoms with Crippen LogP contribution >= 0.6 is 0 Å². The number of hydrogen-bond donors (Lipinski definition) is 3. The Morgan fingerprint density at radius 1 is 1.24 bits per heavy atom. The molecule has 0 spiro atoms. The Hall–Kier alpha value is -1.58. The summed E-state index contributed by atoms with van der Waals surface area (Å²) in [5.41, 5.74) is 5.38. The van der Waals surface area contributed by atoms with Gasteiger partial charge in [0, 0.05) is 12.0 Å². The number of aliphatic hydroxyl groups excluding tert-OH is 1. The van der Waals surface area contributed by atoms with Crippen LogP contribution in [0.2, 0.25) is 0 Å². The van der Waals surface area contributed by atoms with E-state index >= 15 is 0 Å². The molecule has 0 amide bonds. The molecule has 0 bridgehead atoms. The Morgan fingerprint density at radius 2 is 2.00 bits per heavy atom. The van der Waals surface area contributed by atoms with E-state index in [4.69, 9.17) is 0 Å². The van der Waals surface area contributed by atoms with Crippen molar-refractivity contribution in [2.24, 2.45) is 5.92 Å². The van der Waals surface area contributed by atoms with Crippen LogP contribution < -0.4 is 4.90 Å². The largest absolute Gasteiger partial charge is 0.508 e. The van der Waals surface area contributed by atoms with Gasteiger partial charge in [0.25, 0.3) is 0 Å². The number of quaternary nitrogens is 1. The molecule has 1 aromatic carbocycles. The van der Waals surface area contributed by atoms with Gasteiger partial charge in [0.1, 0.15) is 18.5 Å². The number of phenols is 1. The highest BCUT2D eigenvalue weighted by Crippen LogP contribution is 2.35. The highest BCUT2D eigenvalue weighted by atomic mass is 16.3. The summed E-state index contributed by atoms with van der Waals surface area (Å²) in [5, 5.41) is 18.9. The van der Waals surface area contributed by atoms with E-state index in [2.05, 4.69) is 13.1 Å². The van der Waals surface area contributed by atoms with Crippen molar-refractivity contribution in [2.75, 3.05) is 19.7 Å². The molecule has 0 aromatic heterocycles. The molecule has 0 saturated heterocycles. The second-order valence-electron chi connectivity index (χ2n) is 6.27. The first-order valence-corrected chi connectivity index (χ1v) is 7.83. The maximum atomic E-state index is 9.61. The lowest BCUT2D eigenvalue weighted by Crippen LogP contribution is -3.08. The first kappa shape index (κ1) is 14.4. The van der Waals surface area contributed by atoms with Crippen LogP contribution in [0.4, 0.5) is 0 Å². The van der Waals surface area contributed by atoms with Crippen LogP contribution in [-0.4, -0.2) is 29.9 Å². The fraction of sp³-hybridized carbons (Fsp3) is 0.444. The topological polar surface area (TPSA) is 44.9 Å². The molecule has 0 radical (unpaired) electrons. The normalized spacial score (nSPS) is 25.0. The zero-order valence-corrected chi connectivity index (χ0v) is 12.6. The SMILES string of the molecule is CC1CCC2=C1C[NH+](CCc1ccc(O)cc1)C=C2CO. The smallest absolute Gasteiger partial charge is 0.115 e. The molecule has 2 unspecified atom stereocenters. The average molecular weight is 286 g/mol. The number of benzene rings is 1. The van der Waals surface area contributed by atoms with Crippen molar-refractivity contribution in [3.05, 3.63) is 52.7 Å². The molecule has 1 aliphatic heterocycles. The van der Waals surface area contributed by atoms with Crippen LogP contribution in [0.1, 0.15) is 25.3 Å². The van der Waals surface area contributed by atoms with Gasteiger partial charge in [0.05, 0.1) is 13.2 Å². The van der Waals surface area contributed by atoms with Crippen molar-refractivity contribution in [1.29, 1.82) is 0 Å². The summed E-state index contributed by atoms with van der Waals surface area (Å²) < 4.78 is 0. The van der Waals surface area contributed by atoms with Crippen molar-refractivity contribution in [2.45, 2.75) is 26.2 Å². The van der Waals surface area contributed by atoms with E-state index in [9.17, 15) is 10.2 Å². The Labute approximate surface area is 126 Å². The molecule has 3 heteroatoms. The third-order valence-electron chi connectivity index (χ3n) is 4.83. The summed E-state index contributed by atoms with van der Waals surface area (Å²) >= 11 is 0. The maximum absolute atomic E-state index is 9.61. The van der Waals surface area contributed by atoms with Crippen LogP contribution in [0.5, 0.6) is 5.75 Å². The third-order valence-corrected chi connectivity index (χ3v) is 4.83. The van der Waals surface area contributed by atoms with Crippen LogP contribution in [0.15, 0.2) is 47.2 Å². The van der Waals surface area contributed by atoms with Gasteiger partial charge in [-0.2, -0.15) is 0 Å². The Kier molecular flexibility index (Phi) is 4.13. The fourth-order valence-corrected chi connectivity index (χ4v) is 3.54. The molecule has 0 fully saturated rings. The Bertz CT molecular complexity index is 571. The van der Waals surface area contributed by atoms with Gasteiger partial charge in [0.2, 0.25) is 0 Å². The number of nitrogens with one attached hydrogen (secondary N) is 1. The van der Waals surface area contributed by atoms with Gasteiger partial charge in [-0.3, -0.25) is 0 Å². The van der Waals surface area contributed by atoms with E-state index in [0.717, 1.165) is 31.5 Å². The van der Waals surface area contributed by atoms with Crippen LogP contribution in [0, 0.1) is 5.92 Å². The van der Waals surface area contributed by atoms with Crippen molar-refractivity contribution >= 4 is 0 Å². The van der Waals surface area contributed by atoms with Crippen LogP contribution in [0.3, 0.4) is 0 Å². The molecule has 1 aromatic rings. The van der Waals surface area contributed by atoms with Crippen molar-refractivity contribution in [3.63, 3.8) is 0 Å². The number of aliphatic hydroxyl groups is 1. The number of hydrogen-bond acceptors (Lipinski definition) is 2. The molecule has 3 N–H and O–H groups in total. The van der Waals surface area contributed by atoms with Gasteiger partial charge in [-0.25, -0.2) is 0 Å². The van der Waals surface area contributed by atoms with Gasteiger partial charge in [-0.05, 0) is 47.6 Å². The molecule has 21 heavy (non-hydrogen) atoms. The molecule has 2 atom stereocenters. The molecular formula is C18H24NO2+. The minimum Gasteiger partial charge on any atom is -0.508 e. The molecule has 0 saturated carbocycles. The first-order valence-electron chi connectivity index (χ1n) is 7.83. The van der Waals surface area contributed by atoms with E-state index < -0.39 is 0 Å². The second kappa shape index (κ2) is 6.04. The summed E-state index contributed by atoms with van der Waals surface area (Å²) in [7, 11) is 0. The molecule has 3 nitrogen and oxygen atoms in total. The lowest BCUT2D eigenvalue weighted by Gasteiger charge is -2.24. The lowest BCUT2D eigenvalue weighted by molar-refractivity contribution is -0.843. The van der Waals surface area contributed by atoms with E-state index in [0.29, 0.717) is 11.7 Å². The molecule has 3 rings (SSSR count). The van der Waals surface area contributed by atoms with Gasteiger partial charge >= 0.3 is 0 Å². The van der Waals surface area contributed by atoms with E-state index in [1.807, 2.05) is 12.1 Å². The predicted octanol–water partition coefficient (Wildman–Crippen LogP) is 1.44. The predicted molar refractivity (Wildman–Crippen MR) is 83.1 cm³/mol. The highest BCUT2D eigenvalue weighted by Gasteiger charge is 2.30. The summed E-state index contributed by atoms with van der Waals surface area (Å²) in [6, 6.07) is 7.46. The summed E-state index contributed by atoms with van der Waals surface area (Å²) in [5.74, 6) is 0.986. The zero-order chi connectivity index (χ0) is 14.8. The Morgan fingerprint density at radius 3 is 2.71 bits per heavy atom. The van der Waals surface area contributed by atoms with Gasteiger partial charge < -0.3 is 15.1 Å². The Balaban J connectivity index is 1.67. The van der Waals surface area contributed by atoms with Crippen molar-refractivity contribution in [1.82, 2.24) is 0 Å². The first-order chi connectivity index (χ1) is 10.2. The zero-order valence-electron chi connectivity index (χ0n) is 12.6. The molecule has 1 heterocycles. The van der Waals surface area contributed by atoms with Gasteiger partial charge in [0.15, 0.2) is 0 Å². The van der Waals surface area contributed by atoms with Crippen LogP contribution in [-0.2, 0) is 6.42 Å². The number of aromatic hydroxyl groups is 1. The summed E-state index contributed by atoms with van der Waals surface area (Å²) in [6.45, 7) is 4.57. The van der Waals surface area contributed by atoms with E-state index in [1.54, 1.807) is 17.7 Å². The third kappa shape index (κ3) is 3.04. The lowest BCUT2D eigenvalue weighted by atomic mass is 9.96. The number of phenolic OH excluding ortho intramolecular Hbond substituents is 1. The molecular weight excluding hydrogens is 262 g/mol. The summed E-state index contributed by atoms with van der Waals surface area (Å²) in [4.78, 5) is 1.43. The monoisotopic (exact) mass is 286 g/mol. The maximum Gasteiger partial charge on any atom is 0.115 e. The standard InChI is InChI=1S/C18H23NO2/c1-13-2-7-17-15(12-20)10-19(11-18(13)17)9-8-14-3-5-16(21)6-4-14/h3-6,10,13,20-21H,2,7-9,11-12H2,1H3/p+1. The molecule has 112 valence electrons. The van der Waals surface area contributed by atoms with Gasteiger partial charge in [-0.1, -0.05) is 19.1 Å². The summed E-state index contributed by atoms with van der Waals surface area (Å²) in [6.07, 6.45) is 5.57. The molecule has 1 aliphatic carbocycles. The van der Waals surface area contributed by atoms with E-state index in [-0.39, 0.29) is 6.61 Å². The van der Waals surface area contributed by atoms with Crippen LogP contribution in [0.25, 0.3) is 0 Å². The molecule has 2 aliphatic rings. The fourth-order valence-electron chi connectivity index (χ4n) is 3.54. The van der Waals surface area contributed by atoms with Gasteiger partial charge in [-0.15, -0.1) is 0 Å². The minimum atomic E-state index is 0.161. The quantitative estimate of drug-likeness (QED) is 0.784. The van der Waals surface area contributed by atoms with Crippen molar-refractivity contribution in [3.8, 4) is 5.75 Å². The van der Waals surface area contributed by atoms with E-state index in [1.165, 1.54) is 22.5 Å². The second-order valence-corrected chi connectivity index (χ2v) is 6.27. The highest BCUT2D eigenvalue weighted by molar-refractivity contribution is 5.40. The van der Waals surface area contributed by atoms with Crippen molar-refractivity contribution < 1.29 is 15.1 Å². The minimum absolute atomic E-state index is 0.161. The number of rotatable bonds is 4.